The number of hydrogen-bond acceptors (Lipinski definition) is 1. The van der Waals surface area contributed by atoms with Crippen LogP contribution in [0.4, 0.5) is 0 Å². The largest absolute Gasteiger partial charge is 0.356 e. The van der Waals surface area contributed by atoms with Crippen LogP contribution in [0.15, 0.2) is 0 Å². The van der Waals surface area contributed by atoms with E-state index in [0.717, 1.165) is 13.0 Å². The second-order valence-corrected chi connectivity index (χ2v) is 4.75. The van der Waals surface area contributed by atoms with Crippen LogP contribution in [-0.4, -0.2) is 12.5 Å². The molecule has 2 heteroatoms. The molecule has 2 rings (SSSR count). The van der Waals surface area contributed by atoms with Gasteiger partial charge in [-0.2, -0.15) is 0 Å². The van der Waals surface area contributed by atoms with Crippen molar-refractivity contribution < 1.29 is 4.79 Å². The Labute approximate surface area is 80.1 Å². The quantitative estimate of drug-likeness (QED) is 0.709. The van der Waals surface area contributed by atoms with Gasteiger partial charge in [-0.15, -0.1) is 0 Å². The lowest BCUT2D eigenvalue weighted by Gasteiger charge is -2.53. The molecule has 1 amide bonds. The third-order valence-electron chi connectivity index (χ3n) is 3.69. The van der Waals surface area contributed by atoms with Gasteiger partial charge in [-0.25, -0.2) is 0 Å². The molecule has 2 saturated carbocycles. The Balaban J connectivity index is 1.70. The topological polar surface area (TPSA) is 29.1 Å². The van der Waals surface area contributed by atoms with Gasteiger partial charge >= 0.3 is 0 Å². The molecule has 2 nitrogen and oxygen atoms in total. The molecule has 0 aromatic rings. The van der Waals surface area contributed by atoms with Gasteiger partial charge in [0.1, 0.15) is 0 Å². The number of nitrogens with one attached hydrogen (secondary N) is 1. The van der Waals surface area contributed by atoms with E-state index in [4.69, 9.17) is 0 Å². The Morgan fingerprint density at radius 3 is 2.62 bits per heavy atom. The van der Waals surface area contributed by atoms with Gasteiger partial charge in [0.2, 0.25) is 5.91 Å². The first kappa shape index (κ1) is 9.04. The molecule has 0 bridgehead atoms. The van der Waals surface area contributed by atoms with E-state index >= 15 is 0 Å². The van der Waals surface area contributed by atoms with Crippen LogP contribution in [-0.2, 0) is 4.79 Å². The summed E-state index contributed by atoms with van der Waals surface area (Å²) in [5, 5.41) is 2.98. The maximum Gasteiger partial charge on any atom is 0.223 e. The Morgan fingerprint density at radius 2 is 2.15 bits per heavy atom. The van der Waals surface area contributed by atoms with Gasteiger partial charge in [0.15, 0.2) is 0 Å². The van der Waals surface area contributed by atoms with Gasteiger partial charge < -0.3 is 5.32 Å². The van der Waals surface area contributed by atoms with Crippen molar-refractivity contribution in [1.29, 1.82) is 0 Å². The van der Waals surface area contributed by atoms with Gasteiger partial charge in [-0.05, 0) is 37.5 Å². The third-order valence-corrected chi connectivity index (χ3v) is 3.69. The fraction of sp³-hybridized carbons (Fsp3) is 0.909. The van der Waals surface area contributed by atoms with Gasteiger partial charge in [-0.3, -0.25) is 4.79 Å². The van der Waals surface area contributed by atoms with Crippen LogP contribution in [0.1, 0.15) is 45.4 Å². The Kier molecular flexibility index (Phi) is 2.31. The number of carbonyl (C=O) groups excluding carboxylic acids is 1. The smallest absolute Gasteiger partial charge is 0.223 e. The minimum Gasteiger partial charge on any atom is -0.356 e. The van der Waals surface area contributed by atoms with Crippen LogP contribution in [0.2, 0.25) is 0 Å². The van der Waals surface area contributed by atoms with E-state index < -0.39 is 0 Å². The molecule has 0 aromatic carbocycles. The monoisotopic (exact) mass is 181 g/mol. The highest BCUT2D eigenvalue weighted by atomic mass is 16.1. The SMILES string of the molecule is CCCNC(=O)C1CC2(CCC2)C1. The Morgan fingerprint density at radius 1 is 1.46 bits per heavy atom. The average Bonchev–Trinajstić information content (AvgIpc) is 1.95. The van der Waals surface area contributed by atoms with E-state index in [1.807, 2.05) is 0 Å². The fourth-order valence-electron chi connectivity index (χ4n) is 2.65. The molecule has 13 heavy (non-hydrogen) atoms. The van der Waals surface area contributed by atoms with Gasteiger partial charge in [0.25, 0.3) is 0 Å². The van der Waals surface area contributed by atoms with Crippen molar-refractivity contribution in [3.05, 3.63) is 0 Å². The molecule has 0 aliphatic heterocycles. The van der Waals surface area contributed by atoms with Crippen molar-refractivity contribution in [2.45, 2.75) is 45.4 Å². The highest BCUT2D eigenvalue weighted by molar-refractivity contribution is 5.79. The summed E-state index contributed by atoms with van der Waals surface area (Å²) in [5.74, 6) is 0.659. The minimum absolute atomic E-state index is 0.305. The van der Waals surface area contributed by atoms with Crippen LogP contribution in [0.25, 0.3) is 0 Å². The van der Waals surface area contributed by atoms with Crippen molar-refractivity contribution >= 4 is 5.91 Å². The average molecular weight is 181 g/mol. The van der Waals surface area contributed by atoms with Crippen LogP contribution in [0.3, 0.4) is 0 Å². The lowest BCUT2D eigenvalue weighted by molar-refractivity contribution is -0.136. The molecular formula is C11H19NO. The summed E-state index contributed by atoms with van der Waals surface area (Å²) >= 11 is 0. The van der Waals surface area contributed by atoms with Gasteiger partial charge in [0.05, 0.1) is 0 Å². The second kappa shape index (κ2) is 3.32. The highest BCUT2D eigenvalue weighted by Crippen LogP contribution is 2.58. The van der Waals surface area contributed by atoms with Crippen molar-refractivity contribution in [2.75, 3.05) is 6.54 Å². The van der Waals surface area contributed by atoms with Crippen molar-refractivity contribution in [1.82, 2.24) is 5.32 Å². The normalized spacial score (nSPS) is 25.0. The van der Waals surface area contributed by atoms with Crippen LogP contribution in [0.5, 0.6) is 0 Å². The summed E-state index contributed by atoms with van der Waals surface area (Å²) in [7, 11) is 0. The maximum absolute atomic E-state index is 11.5. The number of hydrogen-bond donors (Lipinski definition) is 1. The lowest BCUT2D eigenvalue weighted by atomic mass is 9.51. The first-order chi connectivity index (χ1) is 6.26. The zero-order valence-electron chi connectivity index (χ0n) is 8.44. The summed E-state index contributed by atoms with van der Waals surface area (Å²) in [5.41, 5.74) is 0.633. The number of amides is 1. The summed E-state index contributed by atoms with van der Waals surface area (Å²) in [4.78, 5) is 11.5. The molecule has 2 fully saturated rings. The molecule has 0 aromatic heterocycles. The molecule has 0 saturated heterocycles. The van der Waals surface area contributed by atoms with E-state index in [0.29, 0.717) is 17.2 Å². The summed E-state index contributed by atoms with van der Waals surface area (Å²) in [6, 6.07) is 0. The first-order valence-electron chi connectivity index (χ1n) is 5.53. The van der Waals surface area contributed by atoms with Gasteiger partial charge in [-0.1, -0.05) is 13.3 Å². The first-order valence-corrected chi connectivity index (χ1v) is 5.53. The molecule has 0 heterocycles. The van der Waals surface area contributed by atoms with E-state index in [9.17, 15) is 4.79 Å². The van der Waals surface area contributed by atoms with Crippen LogP contribution in [0, 0.1) is 11.3 Å². The highest BCUT2D eigenvalue weighted by Gasteiger charge is 2.50. The second-order valence-electron chi connectivity index (χ2n) is 4.75. The lowest BCUT2D eigenvalue weighted by Crippen LogP contribution is -2.48. The summed E-state index contributed by atoms with van der Waals surface area (Å²) in [6.07, 6.45) is 7.53. The standard InChI is InChI=1S/C11H19NO/c1-2-6-12-10(13)9-7-11(8-9)4-3-5-11/h9H,2-8H2,1H3,(H,12,13). The van der Waals surface area contributed by atoms with Gasteiger partial charge in [0, 0.05) is 12.5 Å². The van der Waals surface area contributed by atoms with Crippen LogP contribution >= 0.6 is 0 Å². The van der Waals surface area contributed by atoms with Crippen molar-refractivity contribution in [2.24, 2.45) is 11.3 Å². The van der Waals surface area contributed by atoms with E-state index in [1.54, 1.807) is 0 Å². The molecule has 0 radical (unpaired) electrons. The number of carbonyl (C=O) groups is 1. The van der Waals surface area contributed by atoms with Crippen LogP contribution < -0.4 is 5.32 Å². The molecule has 2 aliphatic carbocycles. The summed E-state index contributed by atoms with van der Waals surface area (Å²) < 4.78 is 0. The third kappa shape index (κ3) is 1.59. The predicted molar refractivity (Wildman–Crippen MR) is 52.3 cm³/mol. The predicted octanol–water partition coefficient (Wildman–Crippen LogP) is 2.09. The molecule has 74 valence electrons. The molecule has 0 atom stereocenters. The zero-order valence-corrected chi connectivity index (χ0v) is 8.44. The van der Waals surface area contributed by atoms with Crippen molar-refractivity contribution in [3.63, 3.8) is 0 Å². The summed E-state index contributed by atoms with van der Waals surface area (Å²) in [6.45, 7) is 2.94. The van der Waals surface area contributed by atoms with Crippen molar-refractivity contribution in [3.8, 4) is 0 Å². The molecule has 1 N–H and O–H groups in total. The molecular weight excluding hydrogens is 162 g/mol. The van der Waals surface area contributed by atoms with E-state index in [2.05, 4.69) is 12.2 Å². The molecule has 2 aliphatic rings. The molecule has 1 spiro atoms. The minimum atomic E-state index is 0.305. The fourth-order valence-corrected chi connectivity index (χ4v) is 2.65. The van der Waals surface area contributed by atoms with E-state index in [-0.39, 0.29) is 0 Å². The Bertz CT molecular complexity index is 200. The molecule has 0 unspecified atom stereocenters. The number of rotatable bonds is 3. The zero-order chi connectivity index (χ0) is 9.31. The van der Waals surface area contributed by atoms with E-state index in [1.165, 1.54) is 32.1 Å². The maximum atomic E-state index is 11.5. The Hall–Kier alpha value is -0.530.